The standard InChI is InChI=1S/C13H20N2O2/c1-13(2,7-9-16)15-12(17)6-5-11-4-3-8-14-10-11/h3-4,8,10,16H,5-7,9H2,1-2H3,(H,15,17). The first-order valence-corrected chi connectivity index (χ1v) is 5.84. The Kier molecular flexibility index (Phi) is 5.10. The fourth-order valence-electron chi connectivity index (χ4n) is 1.59. The monoisotopic (exact) mass is 236 g/mol. The van der Waals surface area contributed by atoms with Gasteiger partial charge in [-0.05, 0) is 38.3 Å². The molecular formula is C13H20N2O2. The van der Waals surface area contributed by atoms with Gasteiger partial charge >= 0.3 is 0 Å². The lowest BCUT2D eigenvalue weighted by atomic mass is 10.0. The van der Waals surface area contributed by atoms with Crippen LogP contribution in [-0.2, 0) is 11.2 Å². The Morgan fingerprint density at radius 3 is 2.88 bits per heavy atom. The maximum absolute atomic E-state index is 11.7. The van der Waals surface area contributed by atoms with Gasteiger partial charge in [-0.25, -0.2) is 0 Å². The molecule has 4 nitrogen and oxygen atoms in total. The summed E-state index contributed by atoms with van der Waals surface area (Å²) >= 11 is 0. The number of nitrogens with one attached hydrogen (secondary N) is 1. The third-order valence-electron chi connectivity index (χ3n) is 2.58. The lowest BCUT2D eigenvalue weighted by Crippen LogP contribution is -2.44. The Morgan fingerprint density at radius 1 is 1.53 bits per heavy atom. The summed E-state index contributed by atoms with van der Waals surface area (Å²) in [5, 5.41) is 11.8. The minimum absolute atomic E-state index is 0.00676. The van der Waals surface area contributed by atoms with Crippen molar-refractivity contribution in [2.75, 3.05) is 6.61 Å². The third-order valence-corrected chi connectivity index (χ3v) is 2.58. The van der Waals surface area contributed by atoms with Gasteiger partial charge in [-0.15, -0.1) is 0 Å². The molecule has 0 saturated heterocycles. The van der Waals surface area contributed by atoms with Gasteiger partial charge in [-0.2, -0.15) is 0 Å². The van der Waals surface area contributed by atoms with Gasteiger partial charge in [0.25, 0.3) is 0 Å². The maximum atomic E-state index is 11.7. The molecule has 1 heterocycles. The highest BCUT2D eigenvalue weighted by molar-refractivity contribution is 5.76. The van der Waals surface area contributed by atoms with Gasteiger partial charge in [-0.1, -0.05) is 6.07 Å². The molecule has 17 heavy (non-hydrogen) atoms. The Balaban J connectivity index is 2.35. The number of carbonyl (C=O) groups excluding carboxylic acids is 1. The lowest BCUT2D eigenvalue weighted by Gasteiger charge is -2.25. The number of aliphatic hydroxyl groups is 1. The molecule has 0 aliphatic carbocycles. The van der Waals surface area contributed by atoms with E-state index in [0.717, 1.165) is 5.56 Å². The van der Waals surface area contributed by atoms with Crippen molar-refractivity contribution in [3.05, 3.63) is 30.1 Å². The first kappa shape index (κ1) is 13.6. The van der Waals surface area contributed by atoms with Gasteiger partial charge in [0.2, 0.25) is 5.91 Å². The van der Waals surface area contributed by atoms with Crippen LogP contribution in [0.2, 0.25) is 0 Å². The van der Waals surface area contributed by atoms with E-state index in [0.29, 0.717) is 19.3 Å². The van der Waals surface area contributed by atoms with Crippen molar-refractivity contribution < 1.29 is 9.90 Å². The molecule has 1 aromatic rings. The quantitative estimate of drug-likeness (QED) is 0.782. The predicted octanol–water partition coefficient (Wildman–Crippen LogP) is 1.29. The Labute approximate surface area is 102 Å². The van der Waals surface area contributed by atoms with E-state index in [1.165, 1.54) is 0 Å². The second-order valence-corrected chi connectivity index (χ2v) is 4.77. The minimum Gasteiger partial charge on any atom is -0.396 e. The Morgan fingerprint density at radius 2 is 2.29 bits per heavy atom. The summed E-state index contributed by atoms with van der Waals surface area (Å²) in [6, 6.07) is 3.82. The Bertz CT molecular complexity index is 350. The van der Waals surface area contributed by atoms with Crippen LogP contribution in [-0.4, -0.2) is 28.1 Å². The van der Waals surface area contributed by atoms with Crippen molar-refractivity contribution in [3.63, 3.8) is 0 Å². The van der Waals surface area contributed by atoms with Crippen LogP contribution in [0.1, 0.15) is 32.3 Å². The fraction of sp³-hybridized carbons (Fsp3) is 0.538. The normalized spacial score (nSPS) is 11.2. The molecule has 0 fully saturated rings. The molecule has 94 valence electrons. The van der Waals surface area contributed by atoms with Crippen LogP contribution in [0.3, 0.4) is 0 Å². The summed E-state index contributed by atoms with van der Waals surface area (Å²) in [6.45, 7) is 3.90. The van der Waals surface area contributed by atoms with E-state index < -0.39 is 0 Å². The molecule has 0 aromatic carbocycles. The highest BCUT2D eigenvalue weighted by Crippen LogP contribution is 2.08. The highest BCUT2D eigenvalue weighted by atomic mass is 16.3. The second kappa shape index (κ2) is 6.35. The molecule has 1 amide bonds. The zero-order valence-electron chi connectivity index (χ0n) is 10.4. The number of hydrogen-bond donors (Lipinski definition) is 2. The van der Waals surface area contributed by atoms with E-state index in [1.807, 2.05) is 26.0 Å². The number of hydrogen-bond acceptors (Lipinski definition) is 3. The molecular weight excluding hydrogens is 216 g/mol. The van der Waals surface area contributed by atoms with Crippen molar-refractivity contribution in [3.8, 4) is 0 Å². The largest absolute Gasteiger partial charge is 0.396 e. The number of nitrogens with zero attached hydrogens (tertiary/aromatic N) is 1. The minimum atomic E-state index is -0.346. The summed E-state index contributed by atoms with van der Waals surface area (Å²) in [7, 11) is 0. The number of rotatable bonds is 6. The van der Waals surface area contributed by atoms with Crippen LogP contribution in [0.4, 0.5) is 0 Å². The van der Waals surface area contributed by atoms with E-state index in [4.69, 9.17) is 5.11 Å². The number of aliphatic hydroxyl groups excluding tert-OH is 1. The smallest absolute Gasteiger partial charge is 0.220 e. The zero-order valence-corrected chi connectivity index (χ0v) is 10.4. The van der Waals surface area contributed by atoms with Crippen molar-refractivity contribution in [2.24, 2.45) is 0 Å². The van der Waals surface area contributed by atoms with Gasteiger partial charge in [0.1, 0.15) is 0 Å². The SMILES string of the molecule is CC(C)(CCO)NC(=O)CCc1cccnc1. The summed E-state index contributed by atoms with van der Waals surface area (Å²) in [6.07, 6.45) is 5.18. The predicted molar refractivity (Wildman–Crippen MR) is 66.5 cm³/mol. The molecule has 1 aromatic heterocycles. The summed E-state index contributed by atoms with van der Waals surface area (Å²) < 4.78 is 0. The number of carbonyl (C=O) groups is 1. The molecule has 0 bridgehead atoms. The van der Waals surface area contributed by atoms with Crippen LogP contribution >= 0.6 is 0 Å². The van der Waals surface area contributed by atoms with Crippen LogP contribution in [0.15, 0.2) is 24.5 Å². The van der Waals surface area contributed by atoms with Crippen LogP contribution in [0, 0.1) is 0 Å². The lowest BCUT2D eigenvalue weighted by molar-refractivity contribution is -0.122. The first-order chi connectivity index (χ1) is 8.03. The van der Waals surface area contributed by atoms with Gasteiger partial charge < -0.3 is 10.4 Å². The molecule has 0 radical (unpaired) electrons. The van der Waals surface area contributed by atoms with Crippen molar-refractivity contribution in [1.29, 1.82) is 0 Å². The van der Waals surface area contributed by atoms with Gasteiger partial charge in [0.05, 0.1) is 0 Å². The van der Waals surface area contributed by atoms with Crippen molar-refractivity contribution >= 4 is 5.91 Å². The number of aryl methyl sites for hydroxylation is 1. The van der Waals surface area contributed by atoms with E-state index >= 15 is 0 Å². The Hall–Kier alpha value is -1.42. The third kappa shape index (κ3) is 5.45. The molecule has 0 aliphatic rings. The molecule has 1 rings (SSSR count). The van der Waals surface area contributed by atoms with Crippen LogP contribution in [0.5, 0.6) is 0 Å². The van der Waals surface area contributed by atoms with E-state index in [-0.39, 0.29) is 18.1 Å². The van der Waals surface area contributed by atoms with E-state index in [2.05, 4.69) is 10.3 Å². The molecule has 0 unspecified atom stereocenters. The summed E-state index contributed by atoms with van der Waals surface area (Å²) in [5.41, 5.74) is 0.712. The van der Waals surface area contributed by atoms with Crippen LogP contribution in [0.25, 0.3) is 0 Å². The average molecular weight is 236 g/mol. The molecule has 4 heteroatoms. The van der Waals surface area contributed by atoms with Gasteiger partial charge in [0, 0.05) is 31.0 Å². The number of amides is 1. The van der Waals surface area contributed by atoms with E-state index in [1.54, 1.807) is 12.4 Å². The number of pyridine rings is 1. The summed E-state index contributed by atoms with van der Waals surface area (Å²) in [4.78, 5) is 15.7. The van der Waals surface area contributed by atoms with E-state index in [9.17, 15) is 4.79 Å². The highest BCUT2D eigenvalue weighted by Gasteiger charge is 2.19. The van der Waals surface area contributed by atoms with Crippen molar-refractivity contribution in [2.45, 2.75) is 38.6 Å². The molecule has 0 saturated carbocycles. The second-order valence-electron chi connectivity index (χ2n) is 4.77. The molecule has 2 N–H and O–H groups in total. The summed E-state index contributed by atoms with van der Waals surface area (Å²) in [5.74, 6) is 0.00676. The van der Waals surface area contributed by atoms with Crippen LogP contribution < -0.4 is 5.32 Å². The average Bonchev–Trinajstić information content (AvgIpc) is 2.27. The fourth-order valence-corrected chi connectivity index (χ4v) is 1.59. The molecule has 0 atom stereocenters. The van der Waals surface area contributed by atoms with Gasteiger partial charge in [-0.3, -0.25) is 9.78 Å². The first-order valence-electron chi connectivity index (χ1n) is 5.84. The maximum Gasteiger partial charge on any atom is 0.220 e. The topological polar surface area (TPSA) is 62.2 Å². The molecule has 0 aliphatic heterocycles. The molecule has 0 spiro atoms. The van der Waals surface area contributed by atoms with Gasteiger partial charge in [0.15, 0.2) is 0 Å². The number of aromatic nitrogens is 1. The van der Waals surface area contributed by atoms with Crippen molar-refractivity contribution in [1.82, 2.24) is 10.3 Å². The zero-order chi connectivity index (χ0) is 12.7.